The molecule has 1 fully saturated rings. The van der Waals surface area contributed by atoms with Gasteiger partial charge < -0.3 is 15.4 Å². The van der Waals surface area contributed by atoms with Crippen LogP contribution in [0.5, 0.6) is 5.75 Å². The molecule has 1 aromatic rings. The van der Waals surface area contributed by atoms with Gasteiger partial charge in [0.05, 0.1) is 19.3 Å². The summed E-state index contributed by atoms with van der Waals surface area (Å²) in [6.45, 7) is 3.76. The fourth-order valence-corrected chi connectivity index (χ4v) is 2.60. The smallest absolute Gasteiger partial charge is 0.238 e. The van der Waals surface area contributed by atoms with Crippen molar-refractivity contribution >= 4 is 23.2 Å². The zero-order valence-corrected chi connectivity index (χ0v) is 13.1. The minimum absolute atomic E-state index is 0.0693. The third-order valence-electron chi connectivity index (χ3n) is 3.61. The number of piperidine rings is 1. The van der Waals surface area contributed by atoms with Crippen molar-refractivity contribution in [2.24, 2.45) is 0 Å². The van der Waals surface area contributed by atoms with Crippen LogP contribution < -0.4 is 15.4 Å². The maximum atomic E-state index is 12.2. The van der Waals surface area contributed by atoms with E-state index in [1.165, 1.54) is 13.3 Å². The van der Waals surface area contributed by atoms with Gasteiger partial charge in [0.15, 0.2) is 0 Å². The van der Waals surface area contributed by atoms with E-state index >= 15 is 0 Å². The van der Waals surface area contributed by atoms with Crippen molar-refractivity contribution in [2.75, 3.05) is 37.4 Å². The lowest BCUT2D eigenvalue weighted by molar-refractivity contribution is -0.117. The number of hydrogen-bond acceptors (Lipinski definition) is 4. The molecule has 1 aliphatic heterocycles. The molecular formula is C16H23N3O3. The Labute approximate surface area is 130 Å². The molecule has 0 aromatic heterocycles. The third kappa shape index (κ3) is 4.73. The van der Waals surface area contributed by atoms with Crippen molar-refractivity contribution < 1.29 is 14.3 Å². The van der Waals surface area contributed by atoms with Gasteiger partial charge >= 0.3 is 0 Å². The molecule has 0 spiro atoms. The first-order chi connectivity index (χ1) is 10.6. The van der Waals surface area contributed by atoms with E-state index in [0.717, 1.165) is 25.9 Å². The molecule has 1 aliphatic rings. The minimum atomic E-state index is -0.157. The van der Waals surface area contributed by atoms with Crippen LogP contribution in [0.4, 0.5) is 11.4 Å². The number of likely N-dealkylation sites (tertiary alicyclic amines) is 1. The van der Waals surface area contributed by atoms with Gasteiger partial charge in [-0.25, -0.2) is 0 Å². The minimum Gasteiger partial charge on any atom is -0.495 e. The average molecular weight is 305 g/mol. The van der Waals surface area contributed by atoms with Crippen LogP contribution in [0.1, 0.15) is 26.2 Å². The number of amides is 2. The fraction of sp³-hybridized carbons (Fsp3) is 0.500. The SMILES string of the molecule is COc1ccc(NC(C)=O)cc1NC(=O)CN1CCCCC1. The van der Waals surface area contributed by atoms with E-state index in [-0.39, 0.29) is 11.8 Å². The lowest BCUT2D eigenvalue weighted by atomic mass is 10.1. The summed E-state index contributed by atoms with van der Waals surface area (Å²) in [7, 11) is 1.55. The van der Waals surface area contributed by atoms with Crippen molar-refractivity contribution in [2.45, 2.75) is 26.2 Å². The third-order valence-corrected chi connectivity index (χ3v) is 3.61. The Balaban J connectivity index is 2.02. The Bertz CT molecular complexity index is 539. The molecule has 0 unspecified atom stereocenters. The summed E-state index contributed by atoms with van der Waals surface area (Å²) < 4.78 is 5.26. The Morgan fingerprint density at radius 3 is 2.55 bits per heavy atom. The van der Waals surface area contributed by atoms with Gasteiger partial charge in [-0.15, -0.1) is 0 Å². The topological polar surface area (TPSA) is 70.7 Å². The molecule has 120 valence electrons. The highest BCUT2D eigenvalue weighted by Gasteiger charge is 2.15. The van der Waals surface area contributed by atoms with Crippen LogP contribution in [0.15, 0.2) is 18.2 Å². The van der Waals surface area contributed by atoms with Gasteiger partial charge in [0.1, 0.15) is 5.75 Å². The molecule has 0 radical (unpaired) electrons. The summed E-state index contributed by atoms with van der Waals surface area (Å²) in [4.78, 5) is 25.5. The van der Waals surface area contributed by atoms with Crippen LogP contribution in [0.2, 0.25) is 0 Å². The molecule has 2 N–H and O–H groups in total. The molecule has 1 heterocycles. The van der Waals surface area contributed by atoms with Gasteiger partial charge in [-0.3, -0.25) is 14.5 Å². The van der Waals surface area contributed by atoms with Crippen LogP contribution in [-0.2, 0) is 9.59 Å². The molecule has 1 saturated heterocycles. The predicted octanol–water partition coefficient (Wildman–Crippen LogP) is 2.08. The maximum Gasteiger partial charge on any atom is 0.238 e. The largest absolute Gasteiger partial charge is 0.495 e. The number of carbonyl (C=O) groups is 2. The summed E-state index contributed by atoms with van der Waals surface area (Å²) in [5.74, 6) is 0.344. The van der Waals surface area contributed by atoms with Gasteiger partial charge in [0.2, 0.25) is 11.8 Å². The molecule has 2 amide bonds. The maximum absolute atomic E-state index is 12.2. The summed E-state index contributed by atoms with van der Waals surface area (Å²) in [5.41, 5.74) is 1.19. The highest BCUT2D eigenvalue weighted by atomic mass is 16.5. The van der Waals surface area contributed by atoms with Crippen molar-refractivity contribution in [1.82, 2.24) is 4.90 Å². The first-order valence-corrected chi connectivity index (χ1v) is 7.56. The number of nitrogens with one attached hydrogen (secondary N) is 2. The van der Waals surface area contributed by atoms with Crippen LogP contribution in [-0.4, -0.2) is 43.5 Å². The lowest BCUT2D eigenvalue weighted by Gasteiger charge is -2.25. The Hall–Kier alpha value is -2.08. The number of benzene rings is 1. The van der Waals surface area contributed by atoms with Crippen molar-refractivity contribution in [3.8, 4) is 5.75 Å². The molecule has 0 aliphatic carbocycles. The summed E-state index contributed by atoms with van der Waals surface area (Å²) in [6.07, 6.45) is 3.54. The van der Waals surface area contributed by atoms with E-state index in [0.29, 0.717) is 23.7 Å². The molecule has 0 saturated carbocycles. The van der Waals surface area contributed by atoms with Gasteiger partial charge in [-0.05, 0) is 44.1 Å². The van der Waals surface area contributed by atoms with Crippen LogP contribution >= 0.6 is 0 Å². The quantitative estimate of drug-likeness (QED) is 0.874. The van der Waals surface area contributed by atoms with Crippen LogP contribution in [0.3, 0.4) is 0 Å². The molecule has 1 aromatic carbocycles. The van der Waals surface area contributed by atoms with E-state index < -0.39 is 0 Å². The Morgan fingerprint density at radius 1 is 1.18 bits per heavy atom. The van der Waals surface area contributed by atoms with Gasteiger partial charge in [0.25, 0.3) is 0 Å². The van der Waals surface area contributed by atoms with Crippen molar-refractivity contribution in [1.29, 1.82) is 0 Å². The molecule has 6 heteroatoms. The number of anilines is 2. The average Bonchev–Trinajstić information content (AvgIpc) is 2.48. The molecule has 6 nitrogen and oxygen atoms in total. The summed E-state index contributed by atoms with van der Waals surface area (Å²) in [5, 5.41) is 5.56. The van der Waals surface area contributed by atoms with E-state index in [1.807, 2.05) is 0 Å². The number of ether oxygens (including phenoxy) is 1. The van der Waals surface area contributed by atoms with Gasteiger partial charge in [0, 0.05) is 12.6 Å². The number of nitrogens with zero attached hydrogens (tertiary/aromatic N) is 1. The number of methoxy groups -OCH3 is 1. The highest BCUT2D eigenvalue weighted by molar-refractivity contribution is 5.95. The van der Waals surface area contributed by atoms with E-state index in [2.05, 4.69) is 15.5 Å². The normalized spacial score (nSPS) is 15.2. The Morgan fingerprint density at radius 2 is 1.91 bits per heavy atom. The second-order valence-corrected chi connectivity index (χ2v) is 5.48. The van der Waals surface area contributed by atoms with Crippen molar-refractivity contribution in [3.05, 3.63) is 18.2 Å². The van der Waals surface area contributed by atoms with Crippen molar-refractivity contribution in [3.63, 3.8) is 0 Å². The number of rotatable bonds is 5. The number of hydrogen-bond donors (Lipinski definition) is 2. The molecular weight excluding hydrogens is 282 g/mol. The predicted molar refractivity (Wildman–Crippen MR) is 86.2 cm³/mol. The summed E-state index contributed by atoms with van der Waals surface area (Å²) >= 11 is 0. The van der Waals surface area contributed by atoms with Crippen LogP contribution in [0, 0.1) is 0 Å². The second-order valence-electron chi connectivity index (χ2n) is 5.48. The van der Waals surface area contributed by atoms with Gasteiger partial charge in [-0.1, -0.05) is 6.42 Å². The standard InChI is InChI=1S/C16H23N3O3/c1-12(20)17-13-6-7-15(22-2)14(10-13)18-16(21)11-19-8-4-3-5-9-19/h6-7,10H,3-5,8-9,11H2,1-2H3,(H,17,20)(H,18,21). The van der Waals surface area contributed by atoms with Gasteiger partial charge in [-0.2, -0.15) is 0 Å². The summed E-state index contributed by atoms with van der Waals surface area (Å²) in [6, 6.07) is 5.16. The van der Waals surface area contributed by atoms with E-state index in [1.54, 1.807) is 25.3 Å². The molecule has 0 atom stereocenters. The van der Waals surface area contributed by atoms with E-state index in [9.17, 15) is 9.59 Å². The monoisotopic (exact) mass is 305 g/mol. The second kappa shape index (κ2) is 7.79. The van der Waals surface area contributed by atoms with Crippen LogP contribution in [0.25, 0.3) is 0 Å². The zero-order chi connectivity index (χ0) is 15.9. The number of carbonyl (C=O) groups excluding carboxylic acids is 2. The lowest BCUT2D eigenvalue weighted by Crippen LogP contribution is -2.36. The fourth-order valence-electron chi connectivity index (χ4n) is 2.60. The molecule has 2 rings (SSSR count). The Kier molecular flexibility index (Phi) is 5.77. The molecule has 0 bridgehead atoms. The first kappa shape index (κ1) is 16.3. The zero-order valence-electron chi connectivity index (χ0n) is 13.1. The first-order valence-electron chi connectivity index (χ1n) is 7.56. The molecule has 22 heavy (non-hydrogen) atoms. The highest BCUT2D eigenvalue weighted by Crippen LogP contribution is 2.27. The van der Waals surface area contributed by atoms with E-state index in [4.69, 9.17) is 4.74 Å².